The molecule has 0 aliphatic heterocycles. The number of hydrogen-bond donors (Lipinski definition) is 0. The zero-order valence-electron chi connectivity index (χ0n) is 7.62. The molecule has 0 heterocycles. The summed E-state index contributed by atoms with van der Waals surface area (Å²) in [5.41, 5.74) is 0. The predicted octanol–water partition coefficient (Wildman–Crippen LogP) is 2.24. The summed E-state index contributed by atoms with van der Waals surface area (Å²) in [6, 6.07) is 0. The van der Waals surface area contributed by atoms with E-state index in [1.54, 1.807) is 0 Å². The normalized spacial score (nSPS) is 14.2. The molecule has 0 atom stereocenters. The molecule has 0 bridgehead atoms. The minimum Gasteiger partial charge on any atom is -0.312 e. The molecule has 11 heavy (non-hydrogen) atoms. The van der Waals surface area contributed by atoms with Crippen molar-refractivity contribution in [2.45, 2.75) is 6.42 Å². The van der Waals surface area contributed by atoms with Crippen LogP contribution in [0.15, 0.2) is 36.5 Å². The second-order valence-corrected chi connectivity index (χ2v) is 2.82. The zero-order valence-corrected chi connectivity index (χ0v) is 7.62. The highest BCUT2D eigenvalue weighted by molar-refractivity contribution is 5.16. The Morgan fingerprint density at radius 1 is 0.818 bits per heavy atom. The fourth-order valence-electron chi connectivity index (χ4n) is 0.521. The highest BCUT2D eigenvalue weighted by Gasteiger charge is 1.70. The van der Waals surface area contributed by atoms with Gasteiger partial charge in [0.25, 0.3) is 0 Å². The topological polar surface area (TPSA) is 3.24 Å². The van der Waals surface area contributed by atoms with Crippen molar-refractivity contribution in [1.29, 1.82) is 0 Å². The quantitative estimate of drug-likeness (QED) is 0.513. The molecule has 0 fully saturated rings. The van der Waals surface area contributed by atoms with Crippen LogP contribution in [0.1, 0.15) is 6.42 Å². The first-order chi connectivity index (χ1) is 5.23. The van der Waals surface area contributed by atoms with Gasteiger partial charge in [0.1, 0.15) is 0 Å². The Hall–Kier alpha value is -0.820. The summed E-state index contributed by atoms with van der Waals surface area (Å²) < 4.78 is 0. The molecule has 1 heteroatoms. The number of allylic oxidation sites excluding steroid dienone is 6. The molecular weight excluding hydrogens is 134 g/mol. The third-order valence-electron chi connectivity index (χ3n) is 0.878. The van der Waals surface area contributed by atoms with Crippen molar-refractivity contribution in [3.63, 3.8) is 0 Å². The molecule has 0 saturated carbocycles. The fraction of sp³-hybridized carbons (Fsp3) is 0.400. The van der Waals surface area contributed by atoms with E-state index in [9.17, 15) is 0 Å². The van der Waals surface area contributed by atoms with Crippen molar-refractivity contribution in [1.82, 2.24) is 4.90 Å². The lowest BCUT2D eigenvalue weighted by Crippen LogP contribution is -1.99. The molecule has 1 nitrogen and oxygen atoms in total. The first kappa shape index (κ1) is 10.2. The van der Waals surface area contributed by atoms with Gasteiger partial charge in [-0.05, 0) is 27.6 Å². The van der Waals surface area contributed by atoms with Crippen molar-refractivity contribution in [3.05, 3.63) is 36.5 Å². The van der Waals surface area contributed by atoms with Crippen LogP contribution in [0.3, 0.4) is 0 Å². The molecule has 0 unspecified atom stereocenters. The Balaban J connectivity index is 0.000000218. The van der Waals surface area contributed by atoms with E-state index in [0.29, 0.717) is 0 Å². The Morgan fingerprint density at radius 2 is 1.18 bits per heavy atom. The van der Waals surface area contributed by atoms with E-state index in [-0.39, 0.29) is 0 Å². The summed E-state index contributed by atoms with van der Waals surface area (Å²) >= 11 is 0. The molecule has 1 rings (SSSR count). The zero-order chi connectivity index (χ0) is 8.53. The average Bonchev–Trinajstić information content (AvgIpc) is 2.13. The Bertz CT molecular complexity index is 136. The summed E-state index contributed by atoms with van der Waals surface area (Å²) in [5, 5.41) is 0. The van der Waals surface area contributed by atoms with Gasteiger partial charge in [-0.25, -0.2) is 0 Å². The Morgan fingerprint density at radius 3 is 1.55 bits per heavy atom. The van der Waals surface area contributed by atoms with E-state index in [1.807, 2.05) is 38.2 Å². The molecule has 0 aromatic rings. The highest BCUT2D eigenvalue weighted by atomic mass is 15.0. The van der Waals surface area contributed by atoms with Gasteiger partial charge in [-0.1, -0.05) is 36.5 Å². The van der Waals surface area contributed by atoms with Crippen LogP contribution in [-0.2, 0) is 0 Å². The van der Waals surface area contributed by atoms with Gasteiger partial charge in [0.05, 0.1) is 0 Å². The second-order valence-electron chi connectivity index (χ2n) is 2.82. The second kappa shape index (κ2) is 7.29. The SMILES string of the molecule is C1=CC=CCC=C1.CN(C)C. The molecule has 1 aliphatic rings. The Labute approximate surface area is 69.7 Å². The van der Waals surface area contributed by atoms with Crippen LogP contribution in [0.25, 0.3) is 0 Å². The predicted molar refractivity (Wildman–Crippen MR) is 51.6 cm³/mol. The summed E-state index contributed by atoms with van der Waals surface area (Å²) in [6.45, 7) is 0. The largest absolute Gasteiger partial charge is 0.312 e. The van der Waals surface area contributed by atoms with Gasteiger partial charge in [0.15, 0.2) is 0 Å². The van der Waals surface area contributed by atoms with E-state index in [4.69, 9.17) is 0 Å². The molecule has 0 saturated heterocycles. The highest BCUT2D eigenvalue weighted by Crippen LogP contribution is 1.91. The fourth-order valence-corrected chi connectivity index (χ4v) is 0.521. The summed E-state index contributed by atoms with van der Waals surface area (Å²) in [6.07, 6.45) is 13.5. The third kappa shape index (κ3) is 12.4. The molecule has 62 valence electrons. The van der Waals surface area contributed by atoms with Crippen LogP contribution in [0.4, 0.5) is 0 Å². The molecule has 0 spiro atoms. The number of hydrogen-bond acceptors (Lipinski definition) is 1. The first-order valence-corrected chi connectivity index (χ1v) is 3.82. The van der Waals surface area contributed by atoms with Gasteiger partial charge in [-0.3, -0.25) is 0 Å². The minimum absolute atomic E-state index is 1.08. The average molecular weight is 151 g/mol. The van der Waals surface area contributed by atoms with Crippen LogP contribution in [0, 0.1) is 0 Å². The van der Waals surface area contributed by atoms with Crippen molar-refractivity contribution in [2.24, 2.45) is 0 Å². The molecule has 0 amide bonds. The van der Waals surface area contributed by atoms with E-state index >= 15 is 0 Å². The van der Waals surface area contributed by atoms with E-state index in [0.717, 1.165) is 6.42 Å². The van der Waals surface area contributed by atoms with Crippen LogP contribution in [0.5, 0.6) is 0 Å². The summed E-state index contributed by atoms with van der Waals surface area (Å²) in [7, 11) is 6.00. The number of nitrogens with zero attached hydrogens (tertiary/aromatic N) is 1. The Kier molecular flexibility index (Phi) is 6.75. The lowest BCUT2D eigenvalue weighted by atomic mass is 10.4. The van der Waals surface area contributed by atoms with Crippen molar-refractivity contribution in [2.75, 3.05) is 21.1 Å². The maximum Gasteiger partial charge on any atom is -0.0140 e. The van der Waals surface area contributed by atoms with E-state index in [2.05, 4.69) is 24.3 Å². The van der Waals surface area contributed by atoms with Gasteiger partial charge in [0.2, 0.25) is 0 Å². The van der Waals surface area contributed by atoms with Gasteiger partial charge >= 0.3 is 0 Å². The summed E-state index contributed by atoms with van der Waals surface area (Å²) in [4.78, 5) is 2.00. The van der Waals surface area contributed by atoms with Crippen molar-refractivity contribution < 1.29 is 0 Å². The monoisotopic (exact) mass is 151 g/mol. The minimum atomic E-state index is 1.08. The molecule has 0 N–H and O–H groups in total. The first-order valence-electron chi connectivity index (χ1n) is 3.82. The standard InChI is InChI=1S/C7H8.C3H9N/c1-2-4-6-7-5-3-1;1-4(2)3/h1-6H,7H2;1-3H3. The smallest absolute Gasteiger partial charge is 0.0140 e. The van der Waals surface area contributed by atoms with E-state index < -0.39 is 0 Å². The molecular formula is C10H17N. The molecule has 1 aliphatic carbocycles. The van der Waals surface area contributed by atoms with E-state index in [1.165, 1.54) is 0 Å². The molecule has 0 aromatic heterocycles. The van der Waals surface area contributed by atoms with Crippen LogP contribution in [0.2, 0.25) is 0 Å². The van der Waals surface area contributed by atoms with Crippen molar-refractivity contribution >= 4 is 0 Å². The van der Waals surface area contributed by atoms with Crippen LogP contribution < -0.4 is 0 Å². The van der Waals surface area contributed by atoms with Gasteiger partial charge in [0, 0.05) is 0 Å². The lowest BCUT2D eigenvalue weighted by Gasteiger charge is -1.90. The maximum absolute atomic E-state index is 2.12. The van der Waals surface area contributed by atoms with Gasteiger partial charge in [-0.2, -0.15) is 0 Å². The molecule has 0 radical (unpaired) electrons. The maximum atomic E-state index is 2.12. The summed E-state index contributed by atoms with van der Waals surface area (Å²) in [5.74, 6) is 0. The van der Waals surface area contributed by atoms with Gasteiger partial charge < -0.3 is 4.90 Å². The van der Waals surface area contributed by atoms with Gasteiger partial charge in [-0.15, -0.1) is 0 Å². The van der Waals surface area contributed by atoms with Crippen LogP contribution in [-0.4, -0.2) is 26.0 Å². The third-order valence-corrected chi connectivity index (χ3v) is 0.878. The lowest BCUT2D eigenvalue weighted by molar-refractivity contribution is 0.505. The van der Waals surface area contributed by atoms with Crippen molar-refractivity contribution in [3.8, 4) is 0 Å². The number of rotatable bonds is 0. The molecule has 0 aromatic carbocycles. The van der Waals surface area contributed by atoms with Crippen LogP contribution >= 0.6 is 0 Å².